The molecule has 0 fully saturated rings. The molecule has 0 aliphatic carbocycles. The Kier molecular flexibility index (Phi) is 5.40. The first-order valence-corrected chi connectivity index (χ1v) is 3.86. The van der Waals surface area contributed by atoms with Crippen molar-refractivity contribution in [3.05, 3.63) is 0 Å². The fourth-order valence-corrected chi connectivity index (χ4v) is 0.847. The van der Waals surface area contributed by atoms with Crippen molar-refractivity contribution in [3.8, 4) is 0 Å². The van der Waals surface area contributed by atoms with Gasteiger partial charge in [-0.25, -0.2) is 4.79 Å². The van der Waals surface area contributed by atoms with Crippen LogP contribution in [0.3, 0.4) is 0 Å². The average molecular weight is 165 g/mol. The van der Waals surface area contributed by atoms with E-state index in [4.69, 9.17) is 11.6 Å². The molecule has 0 aromatic carbocycles. The van der Waals surface area contributed by atoms with Crippen molar-refractivity contribution in [2.45, 2.75) is 26.7 Å². The van der Waals surface area contributed by atoms with E-state index in [1.54, 1.807) is 0 Å². The van der Waals surface area contributed by atoms with Gasteiger partial charge in [-0.05, 0) is 12.3 Å². The molecule has 0 rings (SSSR count). The molecule has 0 spiro atoms. The van der Waals surface area contributed by atoms with Crippen molar-refractivity contribution in [1.29, 1.82) is 0 Å². The summed E-state index contributed by atoms with van der Waals surface area (Å²) in [5.41, 5.74) is -0.706. The van der Waals surface area contributed by atoms with Crippen molar-refractivity contribution in [2.24, 2.45) is 5.92 Å². The molecule has 0 aromatic heterocycles. The topological polar surface area (TPSA) is 26.3 Å². The van der Waals surface area contributed by atoms with E-state index < -0.39 is 5.43 Å². The Morgan fingerprint density at radius 3 is 2.70 bits per heavy atom. The van der Waals surface area contributed by atoms with Crippen LogP contribution >= 0.6 is 11.6 Å². The molecule has 1 atom stereocenters. The zero-order chi connectivity index (χ0) is 7.98. The molecule has 0 saturated carbocycles. The average Bonchev–Trinajstić information content (AvgIpc) is 1.85. The largest absolute Gasteiger partial charge is 0.453 e. The minimum absolute atomic E-state index is 0.424. The third-order valence-corrected chi connectivity index (χ3v) is 1.37. The smallest absolute Gasteiger partial charge is 0.403 e. The van der Waals surface area contributed by atoms with Crippen LogP contribution in [0, 0.1) is 5.92 Å². The van der Waals surface area contributed by atoms with Crippen molar-refractivity contribution in [2.75, 3.05) is 6.61 Å². The van der Waals surface area contributed by atoms with Gasteiger partial charge in [-0.1, -0.05) is 20.3 Å². The maximum atomic E-state index is 10.1. The first kappa shape index (κ1) is 9.76. The molecular formula is C7H13ClO2. The van der Waals surface area contributed by atoms with Crippen LogP contribution in [0.4, 0.5) is 4.79 Å². The number of halogens is 1. The summed E-state index contributed by atoms with van der Waals surface area (Å²) in [6.07, 6.45) is 2.19. The van der Waals surface area contributed by atoms with E-state index in [1.165, 1.54) is 0 Å². The summed E-state index contributed by atoms with van der Waals surface area (Å²) >= 11 is 4.96. The van der Waals surface area contributed by atoms with Crippen LogP contribution in [0.1, 0.15) is 26.7 Å². The quantitative estimate of drug-likeness (QED) is 0.598. The molecule has 0 aromatic rings. The summed E-state index contributed by atoms with van der Waals surface area (Å²) in [6.45, 7) is 4.57. The number of ether oxygens (including phenoxy) is 1. The molecule has 2 nitrogen and oxygen atoms in total. The summed E-state index contributed by atoms with van der Waals surface area (Å²) in [5, 5.41) is 0. The summed E-state index contributed by atoms with van der Waals surface area (Å²) < 4.78 is 4.58. The number of hydrogen-bond donors (Lipinski definition) is 0. The lowest BCUT2D eigenvalue weighted by Gasteiger charge is -2.07. The molecule has 0 aliphatic heterocycles. The van der Waals surface area contributed by atoms with E-state index in [1.807, 2.05) is 6.92 Å². The van der Waals surface area contributed by atoms with Gasteiger partial charge in [0, 0.05) is 11.6 Å². The number of carbonyl (C=O) groups is 1. The SMILES string of the molecule is CCCC(C)COC(=O)Cl. The highest BCUT2D eigenvalue weighted by atomic mass is 35.5. The molecule has 10 heavy (non-hydrogen) atoms. The molecule has 0 saturated heterocycles. The number of carbonyl (C=O) groups excluding carboxylic acids is 1. The van der Waals surface area contributed by atoms with Gasteiger partial charge in [-0.2, -0.15) is 0 Å². The summed E-state index contributed by atoms with van der Waals surface area (Å²) in [6, 6.07) is 0. The van der Waals surface area contributed by atoms with Crippen molar-refractivity contribution < 1.29 is 9.53 Å². The fourth-order valence-electron chi connectivity index (χ4n) is 0.784. The van der Waals surface area contributed by atoms with Crippen LogP contribution in [-0.4, -0.2) is 12.0 Å². The van der Waals surface area contributed by atoms with E-state index in [-0.39, 0.29) is 0 Å². The second-order valence-electron chi connectivity index (χ2n) is 2.44. The molecule has 0 heterocycles. The second-order valence-corrected chi connectivity index (χ2v) is 2.75. The van der Waals surface area contributed by atoms with E-state index in [0.29, 0.717) is 12.5 Å². The molecule has 60 valence electrons. The Morgan fingerprint density at radius 1 is 1.70 bits per heavy atom. The van der Waals surface area contributed by atoms with Crippen LogP contribution in [0.25, 0.3) is 0 Å². The lowest BCUT2D eigenvalue weighted by Crippen LogP contribution is -2.06. The van der Waals surface area contributed by atoms with Gasteiger partial charge in [0.1, 0.15) is 0 Å². The maximum absolute atomic E-state index is 10.1. The molecular weight excluding hydrogens is 152 g/mol. The molecule has 0 N–H and O–H groups in total. The maximum Gasteiger partial charge on any atom is 0.403 e. The first-order valence-electron chi connectivity index (χ1n) is 3.49. The van der Waals surface area contributed by atoms with E-state index in [9.17, 15) is 4.79 Å². The van der Waals surface area contributed by atoms with E-state index in [0.717, 1.165) is 12.8 Å². The van der Waals surface area contributed by atoms with Gasteiger partial charge in [0.2, 0.25) is 0 Å². The summed E-state index contributed by atoms with van der Waals surface area (Å²) in [7, 11) is 0. The standard InChI is InChI=1S/C7H13ClO2/c1-3-4-6(2)5-10-7(8)9/h6H,3-5H2,1-2H3. The van der Waals surface area contributed by atoms with Crippen LogP contribution in [0.5, 0.6) is 0 Å². The predicted octanol–water partition coefficient (Wildman–Crippen LogP) is 2.80. The molecule has 1 unspecified atom stereocenters. The number of rotatable bonds is 4. The van der Waals surface area contributed by atoms with E-state index >= 15 is 0 Å². The van der Waals surface area contributed by atoms with Gasteiger partial charge in [0.05, 0.1) is 6.61 Å². The molecule has 0 aliphatic rings. The van der Waals surface area contributed by atoms with Gasteiger partial charge in [0.25, 0.3) is 0 Å². The first-order chi connectivity index (χ1) is 4.66. The zero-order valence-corrected chi connectivity index (χ0v) is 7.15. The van der Waals surface area contributed by atoms with Crippen molar-refractivity contribution >= 4 is 17.0 Å². The Morgan fingerprint density at radius 2 is 2.30 bits per heavy atom. The van der Waals surface area contributed by atoms with Crippen molar-refractivity contribution in [3.63, 3.8) is 0 Å². The second kappa shape index (κ2) is 5.54. The zero-order valence-electron chi connectivity index (χ0n) is 6.39. The third kappa shape index (κ3) is 5.89. The minimum atomic E-state index is -0.706. The minimum Gasteiger partial charge on any atom is -0.453 e. The lowest BCUT2D eigenvalue weighted by atomic mass is 10.1. The highest BCUT2D eigenvalue weighted by Gasteiger charge is 2.02. The van der Waals surface area contributed by atoms with Gasteiger partial charge in [0.15, 0.2) is 0 Å². The highest BCUT2D eigenvalue weighted by molar-refractivity contribution is 6.61. The van der Waals surface area contributed by atoms with Crippen LogP contribution in [0.2, 0.25) is 0 Å². The van der Waals surface area contributed by atoms with Gasteiger partial charge in [-0.15, -0.1) is 0 Å². The monoisotopic (exact) mass is 164 g/mol. The molecule has 0 amide bonds. The van der Waals surface area contributed by atoms with Gasteiger partial charge >= 0.3 is 5.43 Å². The molecule has 0 radical (unpaired) electrons. The normalized spacial score (nSPS) is 12.7. The fraction of sp³-hybridized carbons (Fsp3) is 0.857. The number of hydrogen-bond acceptors (Lipinski definition) is 2. The van der Waals surface area contributed by atoms with Gasteiger partial charge < -0.3 is 4.74 Å². The summed E-state index contributed by atoms with van der Waals surface area (Å²) in [4.78, 5) is 10.1. The Labute approximate surface area is 66.5 Å². The Hall–Kier alpha value is -0.240. The van der Waals surface area contributed by atoms with E-state index in [2.05, 4.69) is 11.7 Å². The molecule has 3 heteroatoms. The predicted molar refractivity (Wildman–Crippen MR) is 41.3 cm³/mol. The highest BCUT2D eigenvalue weighted by Crippen LogP contribution is 2.05. The Balaban J connectivity index is 3.21. The van der Waals surface area contributed by atoms with Crippen LogP contribution < -0.4 is 0 Å². The van der Waals surface area contributed by atoms with Crippen LogP contribution in [0.15, 0.2) is 0 Å². The third-order valence-electron chi connectivity index (χ3n) is 1.26. The molecule has 0 bridgehead atoms. The summed E-state index contributed by atoms with van der Waals surface area (Å²) in [5.74, 6) is 0.424. The lowest BCUT2D eigenvalue weighted by molar-refractivity contribution is 0.153. The Bertz CT molecular complexity index is 104. The van der Waals surface area contributed by atoms with Gasteiger partial charge in [-0.3, -0.25) is 0 Å². The van der Waals surface area contributed by atoms with Crippen LogP contribution in [-0.2, 0) is 4.74 Å². The van der Waals surface area contributed by atoms with Crippen molar-refractivity contribution in [1.82, 2.24) is 0 Å².